The Morgan fingerprint density at radius 1 is 1.50 bits per heavy atom. The van der Waals surface area contributed by atoms with E-state index in [2.05, 4.69) is 24.1 Å². The third-order valence-corrected chi connectivity index (χ3v) is 4.31. The summed E-state index contributed by atoms with van der Waals surface area (Å²) in [5, 5.41) is 3.36. The zero-order valence-electron chi connectivity index (χ0n) is 12.1. The third kappa shape index (κ3) is 3.64. The zero-order chi connectivity index (χ0) is 14.8. The van der Waals surface area contributed by atoms with E-state index >= 15 is 0 Å². The molecule has 0 aromatic heterocycles. The van der Waals surface area contributed by atoms with Gasteiger partial charge in [-0.25, -0.2) is 0 Å². The number of nitrogens with one attached hydrogen (secondary N) is 1. The molecule has 20 heavy (non-hydrogen) atoms. The number of rotatable bonds is 4. The number of benzene rings is 1. The van der Waals surface area contributed by atoms with Crippen molar-refractivity contribution >= 4 is 28.9 Å². The number of carbonyl (C=O) groups excluding carboxylic acids is 1. The fourth-order valence-electron chi connectivity index (χ4n) is 2.66. The number of likely N-dealkylation sites (tertiary alicyclic amines) is 1. The van der Waals surface area contributed by atoms with Crippen molar-refractivity contribution in [3.8, 4) is 0 Å². The molecule has 0 aliphatic carbocycles. The summed E-state index contributed by atoms with van der Waals surface area (Å²) in [7, 11) is 0. The van der Waals surface area contributed by atoms with E-state index in [1.807, 2.05) is 0 Å². The maximum absolute atomic E-state index is 12.0. The molecule has 4 nitrogen and oxygen atoms in total. The number of hydrogen-bond acceptors (Lipinski definition) is 3. The second-order valence-electron chi connectivity index (χ2n) is 5.94. The lowest BCUT2D eigenvalue weighted by atomic mass is 10.0. The molecule has 1 amide bonds. The molecule has 1 aliphatic heterocycles. The van der Waals surface area contributed by atoms with Gasteiger partial charge in [-0.2, -0.15) is 0 Å². The van der Waals surface area contributed by atoms with Gasteiger partial charge in [0.2, 0.25) is 5.91 Å². The van der Waals surface area contributed by atoms with Crippen LogP contribution in [0.1, 0.15) is 33.1 Å². The van der Waals surface area contributed by atoms with E-state index in [-0.39, 0.29) is 11.4 Å². The van der Waals surface area contributed by atoms with Crippen LogP contribution in [0, 0.1) is 0 Å². The molecule has 0 bridgehead atoms. The van der Waals surface area contributed by atoms with Gasteiger partial charge in [0.15, 0.2) is 0 Å². The van der Waals surface area contributed by atoms with E-state index in [1.165, 1.54) is 12.8 Å². The van der Waals surface area contributed by atoms with Crippen LogP contribution in [-0.2, 0) is 4.79 Å². The smallest absolute Gasteiger partial charge is 0.225 e. The Bertz CT molecular complexity index is 502. The van der Waals surface area contributed by atoms with Gasteiger partial charge in [0.05, 0.1) is 10.7 Å². The highest BCUT2D eigenvalue weighted by Crippen LogP contribution is 2.28. The van der Waals surface area contributed by atoms with Crippen molar-refractivity contribution in [3.63, 3.8) is 0 Å². The minimum Gasteiger partial charge on any atom is -0.397 e. The zero-order valence-corrected chi connectivity index (χ0v) is 12.8. The third-order valence-electron chi connectivity index (χ3n) is 3.96. The number of nitrogen functional groups attached to an aromatic ring is 1. The van der Waals surface area contributed by atoms with Crippen LogP contribution in [0.4, 0.5) is 11.4 Å². The highest BCUT2D eigenvalue weighted by molar-refractivity contribution is 6.33. The second kappa shape index (κ2) is 6.02. The summed E-state index contributed by atoms with van der Waals surface area (Å²) >= 11 is 5.85. The standard InChI is InChI=1S/C15H22ClN3O/c1-15(2)7-3-8-19(15)9-6-14(20)18-11-4-5-12(16)13(17)10-11/h4-5,10H,3,6-9,17H2,1-2H3,(H,18,20). The fraction of sp³-hybridized carbons (Fsp3) is 0.533. The Morgan fingerprint density at radius 3 is 2.85 bits per heavy atom. The van der Waals surface area contributed by atoms with Crippen LogP contribution in [0.3, 0.4) is 0 Å². The monoisotopic (exact) mass is 295 g/mol. The summed E-state index contributed by atoms with van der Waals surface area (Å²) in [4.78, 5) is 14.3. The van der Waals surface area contributed by atoms with Gasteiger partial charge in [0.25, 0.3) is 0 Å². The summed E-state index contributed by atoms with van der Waals surface area (Å²) in [6.07, 6.45) is 2.90. The SMILES string of the molecule is CC1(C)CCCN1CCC(=O)Nc1ccc(Cl)c(N)c1. The van der Waals surface area contributed by atoms with Gasteiger partial charge in [-0.3, -0.25) is 9.69 Å². The fourth-order valence-corrected chi connectivity index (χ4v) is 2.78. The minimum absolute atomic E-state index is 0.00872. The molecule has 1 aliphatic rings. The predicted molar refractivity (Wildman–Crippen MR) is 84.0 cm³/mol. The van der Waals surface area contributed by atoms with Crippen molar-refractivity contribution in [2.24, 2.45) is 0 Å². The first-order valence-corrected chi connectivity index (χ1v) is 7.36. The maximum Gasteiger partial charge on any atom is 0.225 e. The Balaban J connectivity index is 1.85. The number of nitrogens with two attached hydrogens (primary N) is 1. The Hall–Kier alpha value is -1.26. The van der Waals surface area contributed by atoms with E-state index < -0.39 is 0 Å². The summed E-state index contributed by atoms with van der Waals surface area (Å²) in [5.74, 6) is 0.00872. The van der Waals surface area contributed by atoms with Crippen LogP contribution in [0.15, 0.2) is 18.2 Å². The first-order valence-electron chi connectivity index (χ1n) is 6.98. The van der Waals surface area contributed by atoms with E-state index in [4.69, 9.17) is 17.3 Å². The van der Waals surface area contributed by atoms with E-state index in [9.17, 15) is 4.79 Å². The highest BCUT2D eigenvalue weighted by atomic mass is 35.5. The molecule has 1 saturated heterocycles. The second-order valence-corrected chi connectivity index (χ2v) is 6.34. The Kier molecular flexibility index (Phi) is 4.55. The molecule has 3 N–H and O–H groups in total. The molecule has 110 valence electrons. The van der Waals surface area contributed by atoms with Crippen molar-refractivity contribution < 1.29 is 4.79 Å². The van der Waals surface area contributed by atoms with Gasteiger partial charge in [0.1, 0.15) is 0 Å². The topological polar surface area (TPSA) is 58.4 Å². The van der Waals surface area contributed by atoms with Crippen LogP contribution >= 0.6 is 11.6 Å². The van der Waals surface area contributed by atoms with Gasteiger partial charge in [0, 0.05) is 24.2 Å². The average molecular weight is 296 g/mol. The molecule has 5 heteroatoms. The first kappa shape index (κ1) is 15.1. The number of amides is 1. The van der Waals surface area contributed by atoms with E-state index in [1.54, 1.807) is 18.2 Å². The molecule has 1 fully saturated rings. The number of nitrogens with zero attached hydrogens (tertiary/aromatic N) is 1. The molecule has 0 spiro atoms. The first-order chi connectivity index (χ1) is 9.38. The summed E-state index contributed by atoms with van der Waals surface area (Å²) in [6, 6.07) is 5.13. The molecular formula is C15H22ClN3O. The van der Waals surface area contributed by atoms with Gasteiger partial charge in [-0.1, -0.05) is 11.6 Å². The van der Waals surface area contributed by atoms with Crippen LogP contribution in [0.5, 0.6) is 0 Å². The largest absolute Gasteiger partial charge is 0.397 e. The molecule has 0 atom stereocenters. The van der Waals surface area contributed by atoms with Crippen molar-refractivity contribution in [1.29, 1.82) is 0 Å². The maximum atomic E-state index is 12.0. The lowest BCUT2D eigenvalue weighted by Crippen LogP contribution is -2.39. The van der Waals surface area contributed by atoms with Gasteiger partial charge < -0.3 is 11.1 Å². The molecule has 0 unspecified atom stereocenters. The predicted octanol–water partition coefficient (Wildman–Crippen LogP) is 3.13. The normalized spacial score (nSPS) is 18.1. The number of halogens is 1. The lowest BCUT2D eigenvalue weighted by molar-refractivity contribution is -0.116. The number of carbonyl (C=O) groups is 1. The number of hydrogen-bond donors (Lipinski definition) is 2. The molecule has 0 saturated carbocycles. The quantitative estimate of drug-likeness (QED) is 0.839. The van der Waals surface area contributed by atoms with Gasteiger partial charge >= 0.3 is 0 Å². The van der Waals surface area contributed by atoms with Crippen LogP contribution < -0.4 is 11.1 Å². The van der Waals surface area contributed by atoms with Crippen LogP contribution in [0.2, 0.25) is 5.02 Å². The lowest BCUT2D eigenvalue weighted by Gasteiger charge is -2.31. The minimum atomic E-state index is 0.00872. The van der Waals surface area contributed by atoms with Gasteiger partial charge in [-0.05, 0) is 51.4 Å². The molecule has 1 aromatic carbocycles. The van der Waals surface area contributed by atoms with E-state index in [0.717, 1.165) is 13.1 Å². The van der Waals surface area contributed by atoms with Crippen LogP contribution in [0.25, 0.3) is 0 Å². The average Bonchev–Trinajstić information content (AvgIpc) is 2.70. The van der Waals surface area contributed by atoms with Crippen molar-refractivity contribution in [2.45, 2.75) is 38.6 Å². The number of anilines is 2. The summed E-state index contributed by atoms with van der Waals surface area (Å²) in [5.41, 5.74) is 7.10. The molecule has 1 aromatic rings. The van der Waals surface area contributed by atoms with Crippen molar-refractivity contribution in [3.05, 3.63) is 23.2 Å². The van der Waals surface area contributed by atoms with E-state index in [0.29, 0.717) is 22.8 Å². The molecule has 2 rings (SSSR count). The van der Waals surface area contributed by atoms with Crippen molar-refractivity contribution in [1.82, 2.24) is 4.90 Å². The highest BCUT2D eigenvalue weighted by Gasteiger charge is 2.31. The summed E-state index contributed by atoms with van der Waals surface area (Å²) < 4.78 is 0. The van der Waals surface area contributed by atoms with Crippen LogP contribution in [-0.4, -0.2) is 29.4 Å². The van der Waals surface area contributed by atoms with Crippen molar-refractivity contribution in [2.75, 3.05) is 24.1 Å². The molecular weight excluding hydrogens is 274 g/mol. The Morgan fingerprint density at radius 2 is 2.25 bits per heavy atom. The Labute approximate surface area is 125 Å². The van der Waals surface area contributed by atoms with Gasteiger partial charge in [-0.15, -0.1) is 0 Å². The summed E-state index contributed by atoms with van der Waals surface area (Å²) in [6.45, 7) is 6.34. The molecule has 1 heterocycles. The molecule has 0 radical (unpaired) electrons.